The van der Waals surface area contributed by atoms with E-state index in [0.717, 1.165) is 34.3 Å². The van der Waals surface area contributed by atoms with E-state index in [1.54, 1.807) is 0 Å². The molecule has 1 unspecified atom stereocenters. The smallest absolute Gasteiger partial charge is 0.248 e. The van der Waals surface area contributed by atoms with Gasteiger partial charge >= 0.3 is 0 Å². The Bertz CT molecular complexity index is 1080. The van der Waals surface area contributed by atoms with Gasteiger partial charge in [-0.3, -0.25) is 10.1 Å². The van der Waals surface area contributed by atoms with Gasteiger partial charge in [0.1, 0.15) is 17.4 Å². The van der Waals surface area contributed by atoms with E-state index in [1.165, 1.54) is 17.9 Å². The highest BCUT2D eigenvalue weighted by Gasteiger charge is 2.30. The fraction of sp³-hybridized carbons (Fsp3) is 0.167. The van der Waals surface area contributed by atoms with E-state index < -0.39 is 26.8 Å². The zero-order valence-corrected chi connectivity index (χ0v) is 17.1. The average molecular weight is 467 g/mol. The molecule has 7 nitrogen and oxygen atoms in total. The molecular formula is C18H16BrFN4O3S. The predicted octanol–water partition coefficient (Wildman–Crippen LogP) is 3.03. The number of rotatable bonds is 6. The molecule has 0 radical (unpaired) electrons. The second-order valence-electron chi connectivity index (χ2n) is 6.02. The summed E-state index contributed by atoms with van der Waals surface area (Å²) in [6, 6.07) is 11.9. The predicted molar refractivity (Wildman–Crippen MR) is 105 cm³/mol. The fourth-order valence-corrected chi connectivity index (χ4v) is 3.91. The molecule has 0 bridgehead atoms. The number of hydrogen-bond acceptors (Lipinski definition) is 5. The van der Waals surface area contributed by atoms with Crippen LogP contribution in [-0.4, -0.2) is 34.3 Å². The Morgan fingerprint density at radius 1 is 1.18 bits per heavy atom. The minimum absolute atomic E-state index is 0.00303. The Balaban J connectivity index is 1.68. The van der Waals surface area contributed by atoms with Crippen molar-refractivity contribution in [2.45, 2.75) is 23.6 Å². The minimum atomic E-state index is -3.97. The van der Waals surface area contributed by atoms with Crippen molar-refractivity contribution in [2.75, 3.05) is 5.32 Å². The van der Waals surface area contributed by atoms with Gasteiger partial charge in [0.15, 0.2) is 9.84 Å². The van der Waals surface area contributed by atoms with Crippen molar-refractivity contribution < 1.29 is 17.6 Å². The van der Waals surface area contributed by atoms with E-state index in [-0.39, 0.29) is 10.8 Å². The van der Waals surface area contributed by atoms with Crippen molar-refractivity contribution in [3.63, 3.8) is 0 Å². The zero-order chi connectivity index (χ0) is 20.3. The van der Waals surface area contributed by atoms with Crippen LogP contribution in [0.1, 0.15) is 12.5 Å². The lowest BCUT2D eigenvalue weighted by molar-refractivity contribution is -0.115. The number of aromatic nitrogens is 3. The second-order valence-corrected chi connectivity index (χ2v) is 9.21. The third-order valence-electron chi connectivity index (χ3n) is 4.01. The SMILES string of the molecule is CC(C(=O)Nc1ncn(Cc2ccc(Br)cc2)n1)S(=O)(=O)c1ccc(F)cc1. The quantitative estimate of drug-likeness (QED) is 0.563. The minimum Gasteiger partial charge on any atom is -0.292 e. The molecule has 1 heterocycles. The van der Waals surface area contributed by atoms with Crippen molar-refractivity contribution in [2.24, 2.45) is 0 Å². The van der Waals surface area contributed by atoms with Crippen LogP contribution in [-0.2, 0) is 21.2 Å². The fourth-order valence-electron chi connectivity index (χ4n) is 2.39. The van der Waals surface area contributed by atoms with Gasteiger partial charge in [0.2, 0.25) is 11.9 Å². The summed E-state index contributed by atoms with van der Waals surface area (Å²) in [7, 11) is -3.97. The van der Waals surface area contributed by atoms with Crippen LogP contribution < -0.4 is 5.32 Å². The molecule has 0 saturated carbocycles. The van der Waals surface area contributed by atoms with E-state index in [2.05, 4.69) is 31.3 Å². The van der Waals surface area contributed by atoms with Gasteiger partial charge in [0.05, 0.1) is 11.4 Å². The summed E-state index contributed by atoms with van der Waals surface area (Å²) in [5, 5.41) is 5.14. The number of amides is 1. The van der Waals surface area contributed by atoms with Gasteiger partial charge in [-0.2, -0.15) is 0 Å². The summed E-state index contributed by atoms with van der Waals surface area (Å²) in [6.07, 6.45) is 1.44. The van der Waals surface area contributed by atoms with Crippen molar-refractivity contribution in [1.29, 1.82) is 0 Å². The molecule has 1 atom stereocenters. The van der Waals surface area contributed by atoms with Crippen LogP contribution in [0.2, 0.25) is 0 Å². The molecule has 0 aliphatic heterocycles. The molecule has 0 spiro atoms. The van der Waals surface area contributed by atoms with E-state index in [9.17, 15) is 17.6 Å². The second kappa shape index (κ2) is 8.19. The summed E-state index contributed by atoms with van der Waals surface area (Å²) in [6.45, 7) is 1.70. The molecule has 0 aliphatic rings. The van der Waals surface area contributed by atoms with Crippen molar-refractivity contribution in [3.8, 4) is 0 Å². The molecule has 1 amide bonds. The first-order valence-electron chi connectivity index (χ1n) is 8.20. The van der Waals surface area contributed by atoms with E-state index in [1.807, 2.05) is 24.3 Å². The topological polar surface area (TPSA) is 93.9 Å². The van der Waals surface area contributed by atoms with Gasteiger partial charge in [0.25, 0.3) is 0 Å². The summed E-state index contributed by atoms with van der Waals surface area (Å²) in [5.74, 6) is -1.33. The summed E-state index contributed by atoms with van der Waals surface area (Å²) in [5.41, 5.74) is 0.984. The summed E-state index contributed by atoms with van der Waals surface area (Å²) in [4.78, 5) is 16.2. The number of anilines is 1. The normalized spacial score (nSPS) is 12.5. The molecule has 3 aromatic rings. The molecule has 1 aromatic heterocycles. The maximum absolute atomic E-state index is 13.0. The zero-order valence-electron chi connectivity index (χ0n) is 14.7. The Labute approximate surface area is 169 Å². The van der Waals surface area contributed by atoms with E-state index >= 15 is 0 Å². The lowest BCUT2D eigenvalue weighted by atomic mass is 10.2. The lowest BCUT2D eigenvalue weighted by Crippen LogP contribution is -2.33. The highest BCUT2D eigenvalue weighted by atomic mass is 79.9. The number of carbonyl (C=O) groups is 1. The number of nitrogens with zero attached hydrogens (tertiary/aromatic N) is 3. The number of sulfone groups is 1. The maximum Gasteiger partial charge on any atom is 0.248 e. The van der Waals surface area contributed by atoms with Gasteiger partial charge in [-0.1, -0.05) is 28.1 Å². The first kappa shape index (κ1) is 20.2. The monoisotopic (exact) mass is 466 g/mol. The number of hydrogen-bond donors (Lipinski definition) is 1. The third-order valence-corrected chi connectivity index (χ3v) is 6.61. The first-order chi connectivity index (χ1) is 13.3. The molecule has 0 fully saturated rings. The Kier molecular flexibility index (Phi) is 5.90. The van der Waals surface area contributed by atoms with E-state index in [4.69, 9.17) is 0 Å². The molecule has 3 rings (SSSR count). The highest BCUT2D eigenvalue weighted by Crippen LogP contribution is 2.18. The molecule has 1 N–H and O–H groups in total. The van der Waals surface area contributed by atoms with Crippen LogP contribution >= 0.6 is 15.9 Å². The lowest BCUT2D eigenvalue weighted by Gasteiger charge is -2.12. The third kappa shape index (κ3) is 4.63. The van der Waals surface area contributed by atoms with Crippen LogP contribution in [0.15, 0.2) is 64.2 Å². The van der Waals surface area contributed by atoms with Crippen LogP contribution in [0, 0.1) is 5.82 Å². The molecular weight excluding hydrogens is 451 g/mol. The molecule has 28 heavy (non-hydrogen) atoms. The van der Waals surface area contributed by atoms with Crippen LogP contribution in [0.3, 0.4) is 0 Å². The van der Waals surface area contributed by atoms with Gasteiger partial charge in [-0.15, -0.1) is 5.10 Å². The van der Waals surface area contributed by atoms with Crippen molar-refractivity contribution in [3.05, 3.63) is 70.7 Å². The Morgan fingerprint density at radius 2 is 1.82 bits per heavy atom. The number of benzene rings is 2. The van der Waals surface area contributed by atoms with Crippen LogP contribution in [0.25, 0.3) is 0 Å². The largest absolute Gasteiger partial charge is 0.292 e. The molecule has 146 valence electrons. The molecule has 0 aliphatic carbocycles. The van der Waals surface area contributed by atoms with Gasteiger partial charge in [-0.25, -0.2) is 22.5 Å². The molecule has 2 aromatic carbocycles. The number of halogens is 2. The molecule has 10 heteroatoms. The van der Waals surface area contributed by atoms with Crippen LogP contribution in [0.4, 0.5) is 10.3 Å². The highest BCUT2D eigenvalue weighted by molar-refractivity contribution is 9.10. The Morgan fingerprint density at radius 3 is 2.46 bits per heavy atom. The van der Waals surface area contributed by atoms with Crippen LogP contribution in [0.5, 0.6) is 0 Å². The van der Waals surface area contributed by atoms with E-state index in [0.29, 0.717) is 6.54 Å². The van der Waals surface area contributed by atoms with Gasteiger partial charge < -0.3 is 0 Å². The van der Waals surface area contributed by atoms with Crippen molar-refractivity contribution in [1.82, 2.24) is 14.8 Å². The summed E-state index contributed by atoms with van der Waals surface area (Å²) < 4.78 is 40.5. The number of nitrogens with one attached hydrogen (secondary N) is 1. The number of carbonyl (C=O) groups excluding carboxylic acids is 1. The first-order valence-corrected chi connectivity index (χ1v) is 10.5. The molecule has 0 saturated heterocycles. The van der Waals surface area contributed by atoms with Crippen molar-refractivity contribution >= 4 is 37.6 Å². The standard InChI is InChI=1S/C18H16BrFN4O3S/c1-12(28(26,27)16-8-6-15(20)7-9-16)17(25)22-18-21-11-24(23-18)10-13-2-4-14(19)5-3-13/h2-9,11-12H,10H2,1H3,(H,22,23,25). The average Bonchev–Trinajstić information content (AvgIpc) is 3.10. The van der Waals surface area contributed by atoms with Gasteiger partial charge in [-0.05, 0) is 48.9 Å². The van der Waals surface area contributed by atoms with Gasteiger partial charge in [0, 0.05) is 4.47 Å². The summed E-state index contributed by atoms with van der Waals surface area (Å²) >= 11 is 3.36. The maximum atomic E-state index is 13.0. The Hall–Kier alpha value is -2.59.